The number of fused-ring (bicyclic) bond motifs is 5. The van der Waals surface area contributed by atoms with Crippen molar-refractivity contribution in [3.63, 3.8) is 0 Å². The summed E-state index contributed by atoms with van der Waals surface area (Å²) in [6, 6.07) is 0. The molecule has 4 rings (SSSR count). The first-order chi connectivity index (χ1) is 10.4. The van der Waals surface area contributed by atoms with E-state index in [-0.39, 0.29) is 16.9 Å². The highest BCUT2D eigenvalue weighted by atomic mass is 16.3. The van der Waals surface area contributed by atoms with E-state index >= 15 is 0 Å². The Bertz CT molecular complexity index is 536. The Morgan fingerprint density at radius 1 is 1.14 bits per heavy atom. The molecule has 7 atom stereocenters. The van der Waals surface area contributed by atoms with Crippen LogP contribution in [0.15, 0.2) is 11.6 Å². The number of hydrogen-bond acceptors (Lipinski definition) is 2. The topological polar surface area (TPSA) is 37.3 Å². The van der Waals surface area contributed by atoms with Gasteiger partial charge in [0.25, 0.3) is 0 Å². The van der Waals surface area contributed by atoms with Crippen LogP contribution < -0.4 is 0 Å². The van der Waals surface area contributed by atoms with E-state index in [9.17, 15) is 9.90 Å². The maximum Gasteiger partial charge on any atom is 0.155 e. The summed E-state index contributed by atoms with van der Waals surface area (Å²) < 4.78 is 0. The lowest BCUT2D eigenvalue weighted by atomic mass is 9.45. The van der Waals surface area contributed by atoms with Crippen molar-refractivity contribution >= 4 is 5.78 Å². The molecule has 0 amide bonds. The van der Waals surface area contributed by atoms with E-state index in [0.29, 0.717) is 17.6 Å². The van der Waals surface area contributed by atoms with Gasteiger partial charge in [-0.05, 0) is 79.1 Å². The van der Waals surface area contributed by atoms with Gasteiger partial charge in [0.15, 0.2) is 5.78 Å². The van der Waals surface area contributed by atoms with Crippen molar-refractivity contribution < 1.29 is 9.90 Å². The summed E-state index contributed by atoms with van der Waals surface area (Å²) in [5.41, 5.74) is 1.84. The second-order valence-corrected chi connectivity index (χ2v) is 9.16. The Morgan fingerprint density at radius 3 is 2.68 bits per heavy atom. The molecule has 3 fully saturated rings. The number of hydrogen-bond donors (Lipinski definition) is 1. The number of carbonyl (C=O) groups excluding carboxylic acids is 1. The third kappa shape index (κ3) is 1.79. The van der Waals surface area contributed by atoms with E-state index < -0.39 is 0 Å². The Hall–Kier alpha value is -0.630. The van der Waals surface area contributed by atoms with Crippen molar-refractivity contribution in [3.05, 3.63) is 11.6 Å². The number of carbonyl (C=O) groups is 1. The van der Waals surface area contributed by atoms with Gasteiger partial charge in [-0.1, -0.05) is 26.3 Å². The van der Waals surface area contributed by atoms with Gasteiger partial charge in [0.05, 0.1) is 6.10 Å². The minimum atomic E-state index is -0.0941. The van der Waals surface area contributed by atoms with E-state index in [4.69, 9.17) is 0 Å². The van der Waals surface area contributed by atoms with Crippen LogP contribution in [0.4, 0.5) is 0 Å². The monoisotopic (exact) mass is 302 g/mol. The van der Waals surface area contributed by atoms with E-state index in [0.717, 1.165) is 37.5 Å². The first-order valence-electron chi connectivity index (χ1n) is 9.28. The molecule has 0 aromatic carbocycles. The van der Waals surface area contributed by atoms with Gasteiger partial charge >= 0.3 is 0 Å². The van der Waals surface area contributed by atoms with Crippen LogP contribution in [0, 0.1) is 34.5 Å². The van der Waals surface area contributed by atoms with E-state index in [1.54, 1.807) is 0 Å². The molecular formula is C20H30O2. The lowest BCUT2D eigenvalue weighted by molar-refractivity contribution is -0.119. The van der Waals surface area contributed by atoms with Crippen LogP contribution in [-0.2, 0) is 4.79 Å². The van der Waals surface area contributed by atoms with Crippen molar-refractivity contribution in [1.82, 2.24) is 0 Å². The van der Waals surface area contributed by atoms with Crippen molar-refractivity contribution in [1.29, 1.82) is 0 Å². The average molecular weight is 302 g/mol. The molecule has 0 saturated heterocycles. The minimum absolute atomic E-state index is 0.0941. The van der Waals surface area contributed by atoms with Crippen LogP contribution >= 0.6 is 0 Å². The third-order valence-corrected chi connectivity index (χ3v) is 8.26. The summed E-state index contributed by atoms with van der Waals surface area (Å²) in [5.74, 6) is 3.15. The van der Waals surface area contributed by atoms with Gasteiger partial charge in [0.2, 0.25) is 0 Å². The first-order valence-corrected chi connectivity index (χ1v) is 9.28. The molecule has 2 nitrogen and oxygen atoms in total. The summed E-state index contributed by atoms with van der Waals surface area (Å²) in [4.78, 5) is 11.9. The second kappa shape index (κ2) is 4.69. The molecule has 0 bridgehead atoms. The second-order valence-electron chi connectivity index (χ2n) is 9.16. The van der Waals surface area contributed by atoms with Gasteiger partial charge in [-0.25, -0.2) is 0 Å². The standard InChI is InChI=1S/C20H30O2/c1-12-10-13-11-14(21)6-8-19(13,2)16-7-9-20(3)15(18(12)16)4-5-17(20)22/h11-12,15-18,22H,4-10H2,1-3H3/t12-,15-,16-,17?,18-,19-,20-/m0/s1. The molecule has 1 unspecified atom stereocenters. The number of aliphatic hydroxyl groups is 1. The Balaban J connectivity index is 1.74. The molecule has 1 N–H and O–H groups in total. The molecule has 2 heteroatoms. The normalized spacial score (nSPS) is 54.3. The predicted molar refractivity (Wildman–Crippen MR) is 87.3 cm³/mol. The summed E-state index contributed by atoms with van der Waals surface area (Å²) in [6.07, 6.45) is 9.40. The number of ketones is 1. The zero-order chi connectivity index (χ0) is 15.7. The van der Waals surface area contributed by atoms with Gasteiger partial charge in [-0.15, -0.1) is 0 Å². The summed E-state index contributed by atoms with van der Waals surface area (Å²) >= 11 is 0. The Labute approximate surface area is 134 Å². The molecule has 0 aromatic rings. The van der Waals surface area contributed by atoms with Crippen molar-refractivity contribution in [2.45, 2.75) is 71.8 Å². The fourth-order valence-electron chi connectivity index (χ4n) is 6.88. The largest absolute Gasteiger partial charge is 0.393 e. The molecule has 0 aromatic heterocycles. The zero-order valence-electron chi connectivity index (χ0n) is 14.3. The number of aliphatic hydroxyl groups excluding tert-OH is 1. The smallest absolute Gasteiger partial charge is 0.155 e. The highest BCUT2D eigenvalue weighted by Gasteiger charge is 2.60. The number of rotatable bonds is 0. The molecule has 0 spiro atoms. The van der Waals surface area contributed by atoms with Crippen LogP contribution in [0.2, 0.25) is 0 Å². The fourth-order valence-corrected chi connectivity index (χ4v) is 6.88. The maximum atomic E-state index is 11.9. The lowest BCUT2D eigenvalue weighted by Gasteiger charge is -2.59. The van der Waals surface area contributed by atoms with Crippen LogP contribution in [0.25, 0.3) is 0 Å². The van der Waals surface area contributed by atoms with E-state index in [2.05, 4.69) is 20.8 Å². The third-order valence-electron chi connectivity index (χ3n) is 8.26. The Morgan fingerprint density at radius 2 is 1.91 bits per heavy atom. The summed E-state index contributed by atoms with van der Waals surface area (Å²) in [6.45, 7) is 7.17. The SMILES string of the molecule is C[C@H]1CC2=CC(=O)CC[C@]2(C)[C@H]2CC[C@]3(C)C(O)CC[C@H]3[C@H]12. The molecule has 0 aliphatic heterocycles. The predicted octanol–water partition coefficient (Wildman–Crippen LogP) is 4.13. The van der Waals surface area contributed by atoms with Crippen molar-refractivity contribution in [2.24, 2.45) is 34.5 Å². The van der Waals surface area contributed by atoms with Crippen LogP contribution in [0.3, 0.4) is 0 Å². The molecule has 3 saturated carbocycles. The molecule has 0 heterocycles. The molecule has 0 radical (unpaired) electrons. The van der Waals surface area contributed by atoms with E-state index in [1.165, 1.54) is 24.8 Å². The molecular weight excluding hydrogens is 272 g/mol. The van der Waals surface area contributed by atoms with Gasteiger partial charge in [0, 0.05) is 6.42 Å². The minimum Gasteiger partial charge on any atom is -0.393 e. The molecule has 22 heavy (non-hydrogen) atoms. The quantitative estimate of drug-likeness (QED) is 0.730. The summed E-state index contributed by atoms with van der Waals surface area (Å²) in [7, 11) is 0. The summed E-state index contributed by atoms with van der Waals surface area (Å²) in [5, 5.41) is 10.5. The highest BCUT2D eigenvalue weighted by Crippen LogP contribution is 2.66. The van der Waals surface area contributed by atoms with Gasteiger partial charge in [-0.2, -0.15) is 0 Å². The maximum absolute atomic E-state index is 11.9. The van der Waals surface area contributed by atoms with Gasteiger partial charge in [0.1, 0.15) is 0 Å². The van der Waals surface area contributed by atoms with Crippen molar-refractivity contribution in [3.8, 4) is 0 Å². The average Bonchev–Trinajstić information content (AvgIpc) is 2.77. The van der Waals surface area contributed by atoms with E-state index in [1.807, 2.05) is 6.08 Å². The Kier molecular flexibility index (Phi) is 3.18. The van der Waals surface area contributed by atoms with Gasteiger partial charge < -0.3 is 5.11 Å². The first kappa shape index (κ1) is 14.9. The molecule has 4 aliphatic rings. The lowest BCUT2D eigenvalue weighted by Crippen LogP contribution is -2.53. The fraction of sp³-hybridized carbons (Fsp3) is 0.850. The molecule has 4 aliphatic carbocycles. The highest BCUT2D eigenvalue weighted by molar-refractivity contribution is 5.91. The van der Waals surface area contributed by atoms with Crippen LogP contribution in [0.5, 0.6) is 0 Å². The number of allylic oxidation sites excluding steroid dienone is 1. The zero-order valence-corrected chi connectivity index (χ0v) is 14.3. The molecule has 122 valence electrons. The van der Waals surface area contributed by atoms with Gasteiger partial charge in [-0.3, -0.25) is 4.79 Å². The van der Waals surface area contributed by atoms with Crippen LogP contribution in [0.1, 0.15) is 65.7 Å². The van der Waals surface area contributed by atoms with Crippen LogP contribution in [-0.4, -0.2) is 17.0 Å². The van der Waals surface area contributed by atoms with Crippen molar-refractivity contribution in [2.75, 3.05) is 0 Å².